The van der Waals surface area contributed by atoms with Crippen LogP contribution in [0.2, 0.25) is 0 Å². The number of benzene rings is 1. The van der Waals surface area contributed by atoms with Crippen LogP contribution in [-0.4, -0.2) is 11.5 Å². The van der Waals surface area contributed by atoms with E-state index in [1.165, 1.54) is 16.7 Å². The zero-order valence-corrected chi connectivity index (χ0v) is 14.6. The van der Waals surface area contributed by atoms with Crippen molar-refractivity contribution in [2.75, 3.05) is 6.54 Å². The zero-order chi connectivity index (χ0) is 15.2. The van der Waals surface area contributed by atoms with Gasteiger partial charge in [0.05, 0.1) is 0 Å². The lowest BCUT2D eigenvalue weighted by atomic mass is 9.99. The minimum Gasteiger partial charge on any atom is -0.310 e. The Bertz CT molecular complexity index is 558. The molecule has 1 aromatic carbocycles. The number of halogens is 1. The van der Waals surface area contributed by atoms with Gasteiger partial charge in [0.1, 0.15) is 0 Å². The second-order valence-electron chi connectivity index (χ2n) is 5.60. The highest BCUT2D eigenvalue weighted by Gasteiger charge is 2.13. The number of rotatable bonds is 6. The normalized spacial score (nSPS) is 12.4. The molecule has 0 saturated carbocycles. The monoisotopic (exact) mass is 346 g/mol. The fraction of sp³-hybridized carbons (Fsp3) is 0.389. The van der Waals surface area contributed by atoms with E-state index in [2.05, 4.69) is 77.3 Å². The van der Waals surface area contributed by atoms with Gasteiger partial charge in [-0.05, 0) is 61.7 Å². The Morgan fingerprint density at radius 3 is 2.57 bits per heavy atom. The van der Waals surface area contributed by atoms with Crippen LogP contribution in [0.1, 0.15) is 41.8 Å². The second-order valence-corrected chi connectivity index (χ2v) is 6.52. The third-order valence-corrected chi connectivity index (χ3v) is 3.95. The highest BCUT2D eigenvalue weighted by atomic mass is 79.9. The molecule has 0 amide bonds. The Morgan fingerprint density at radius 1 is 1.14 bits per heavy atom. The van der Waals surface area contributed by atoms with E-state index in [9.17, 15) is 0 Å². The van der Waals surface area contributed by atoms with Crippen LogP contribution < -0.4 is 5.32 Å². The van der Waals surface area contributed by atoms with Gasteiger partial charge in [0.15, 0.2) is 0 Å². The third kappa shape index (κ3) is 4.94. The molecule has 1 N–H and O–H groups in total. The molecule has 0 fully saturated rings. The van der Waals surface area contributed by atoms with Crippen molar-refractivity contribution in [2.24, 2.45) is 0 Å². The van der Waals surface area contributed by atoms with Crippen LogP contribution in [0.5, 0.6) is 0 Å². The van der Waals surface area contributed by atoms with E-state index in [0.29, 0.717) is 6.04 Å². The zero-order valence-electron chi connectivity index (χ0n) is 13.0. The summed E-state index contributed by atoms with van der Waals surface area (Å²) in [6.45, 7) is 7.42. The Kier molecular flexibility index (Phi) is 5.95. The Hall–Kier alpha value is -1.19. The molecule has 2 rings (SSSR count). The molecule has 0 radical (unpaired) electrons. The first-order valence-electron chi connectivity index (χ1n) is 7.50. The first-order valence-corrected chi connectivity index (χ1v) is 8.30. The molecule has 0 aliphatic carbocycles. The van der Waals surface area contributed by atoms with Gasteiger partial charge in [-0.2, -0.15) is 0 Å². The van der Waals surface area contributed by atoms with Crippen molar-refractivity contribution in [3.63, 3.8) is 0 Å². The van der Waals surface area contributed by atoms with Crippen molar-refractivity contribution in [1.29, 1.82) is 0 Å². The Morgan fingerprint density at radius 2 is 1.95 bits per heavy atom. The number of hydrogen-bond acceptors (Lipinski definition) is 2. The van der Waals surface area contributed by atoms with Crippen LogP contribution in [0.15, 0.2) is 41.0 Å². The van der Waals surface area contributed by atoms with Crippen molar-refractivity contribution in [3.8, 4) is 0 Å². The number of nitrogens with one attached hydrogen (secondary N) is 1. The molecule has 1 aromatic heterocycles. The maximum Gasteiger partial charge on any atom is 0.0422 e. The van der Waals surface area contributed by atoms with Gasteiger partial charge < -0.3 is 5.32 Å². The van der Waals surface area contributed by atoms with Gasteiger partial charge in [0.25, 0.3) is 0 Å². The van der Waals surface area contributed by atoms with Crippen molar-refractivity contribution >= 4 is 15.9 Å². The van der Waals surface area contributed by atoms with Crippen molar-refractivity contribution in [1.82, 2.24) is 10.3 Å². The van der Waals surface area contributed by atoms with Crippen LogP contribution in [-0.2, 0) is 6.42 Å². The molecule has 0 spiro atoms. The molecule has 1 atom stereocenters. The molecule has 1 heterocycles. The molecule has 2 aromatic rings. The summed E-state index contributed by atoms with van der Waals surface area (Å²) in [5, 5.41) is 3.64. The number of aryl methyl sites for hydroxylation is 2. The van der Waals surface area contributed by atoms with Crippen LogP contribution in [0, 0.1) is 13.8 Å². The Labute approximate surface area is 136 Å². The average Bonchev–Trinajstić information content (AvgIpc) is 2.44. The van der Waals surface area contributed by atoms with Crippen LogP contribution in [0.4, 0.5) is 0 Å². The van der Waals surface area contributed by atoms with Gasteiger partial charge in [-0.25, -0.2) is 0 Å². The molecular formula is C18H23BrN2. The summed E-state index contributed by atoms with van der Waals surface area (Å²) in [6, 6.07) is 11.2. The summed E-state index contributed by atoms with van der Waals surface area (Å²) in [6.07, 6.45) is 3.99. The third-order valence-electron chi connectivity index (χ3n) is 3.49. The second kappa shape index (κ2) is 7.71. The minimum atomic E-state index is 0.302. The average molecular weight is 347 g/mol. The molecule has 0 saturated heterocycles. The lowest BCUT2D eigenvalue weighted by Gasteiger charge is -2.20. The van der Waals surface area contributed by atoms with E-state index in [1.807, 2.05) is 6.20 Å². The summed E-state index contributed by atoms with van der Waals surface area (Å²) in [5.74, 6) is 0. The maximum atomic E-state index is 4.54. The quantitative estimate of drug-likeness (QED) is 0.816. The summed E-state index contributed by atoms with van der Waals surface area (Å²) in [4.78, 5) is 4.54. The Balaban J connectivity index is 2.22. The lowest BCUT2D eigenvalue weighted by Crippen LogP contribution is -2.24. The SMILES string of the molecule is CCCNC(Cc1ccc(C)cn1)c1cc(C)cc(Br)c1. The van der Waals surface area contributed by atoms with Crippen LogP contribution in [0.3, 0.4) is 0 Å². The number of aromatic nitrogens is 1. The van der Waals surface area contributed by atoms with Crippen molar-refractivity contribution in [3.05, 3.63) is 63.4 Å². The van der Waals surface area contributed by atoms with E-state index >= 15 is 0 Å². The fourth-order valence-electron chi connectivity index (χ4n) is 2.42. The number of pyridine rings is 1. The molecule has 3 heteroatoms. The van der Waals surface area contributed by atoms with Crippen LogP contribution >= 0.6 is 15.9 Å². The van der Waals surface area contributed by atoms with E-state index in [0.717, 1.165) is 29.6 Å². The van der Waals surface area contributed by atoms with E-state index in [-0.39, 0.29) is 0 Å². The smallest absolute Gasteiger partial charge is 0.0422 e. The largest absolute Gasteiger partial charge is 0.310 e. The predicted octanol–water partition coefficient (Wildman–Crippen LogP) is 4.74. The topological polar surface area (TPSA) is 24.9 Å². The van der Waals surface area contributed by atoms with Gasteiger partial charge in [0.2, 0.25) is 0 Å². The summed E-state index contributed by atoms with van der Waals surface area (Å²) in [7, 11) is 0. The molecule has 112 valence electrons. The van der Waals surface area contributed by atoms with E-state index in [1.54, 1.807) is 0 Å². The van der Waals surface area contributed by atoms with Gasteiger partial charge in [-0.15, -0.1) is 0 Å². The van der Waals surface area contributed by atoms with E-state index < -0.39 is 0 Å². The summed E-state index contributed by atoms with van der Waals surface area (Å²) >= 11 is 3.60. The molecule has 0 bridgehead atoms. The molecule has 0 aliphatic rings. The van der Waals surface area contributed by atoms with Crippen LogP contribution in [0.25, 0.3) is 0 Å². The first-order chi connectivity index (χ1) is 10.1. The molecule has 1 unspecified atom stereocenters. The maximum absolute atomic E-state index is 4.54. The highest BCUT2D eigenvalue weighted by molar-refractivity contribution is 9.10. The fourth-order valence-corrected chi connectivity index (χ4v) is 3.05. The molecule has 2 nitrogen and oxygen atoms in total. The summed E-state index contributed by atoms with van der Waals surface area (Å²) in [5.41, 5.74) is 4.93. The molecule has 0 aliphatic heterocycles. The number of nitrogens with zero attached hydrogens (tertiary/aromatic N) is 1. The van der Waals surface area contributed by atoms with Crippen molar-refractivity contribution < 1.29 is 0 Å². The summed E-state index contributed by atoms with van der Waals surface area (Å²) < 4.78 is 1.14. The van der Waals surface area contributed by atoms with Gasteiger partial charge in [-0.1, -0.05) is 35.0 Å². The number of hydrogen-bond donors (Lipinski definition) is 1. The lowest BCUT2D eigenvalue weighted by molar-refractivity contribution is 0.524. The highest BCUT2D eigenvalue weighted by Crippen LogP contribution is 2.23. The first kappa shape index (κ1) is 16.2. The van der Waals surface area contributed by atoms with Gasteiger partial charge >= 0.3 is 0 Å². The standard InChI is InChI=1S/C18H23BrN2/c1-4-7-20-18(11-17-6-5-13(2)12-21-17)15-8-14(3)9-16(19)10-15/h5-6,8-10,12,18,20H,4,7,11H2,1-3H3. The minimum absolute atomic E-state index is 0.302. The van der Waals surface area contributed by atoms with Gasteiger partial charge in [-0.3, -0.25) is 4.98 Å². The van der Waals surface area contributed by atoms with Crippen molar-refractivity contribution in [2.45, 2.75) is 39.7 Å². The predicted molar refractivity (Wildman–Crippen MR) is 92.6 cm³/mol. The van der Waals surface area contributed by atoms with E-state index in [4.69, 9.17) is 0 Å². The van der Waals surface area contributed by atoms with Gasteiger partial charge in [0, 0.05) is 28.8 Å². The molecular weight excluding hydrogens is 324 g/mol. The molecule has 21 heavy (non-hydrogen) atoms.